The fourth-order valence-electron chi connectivity index (χ4n) is 1.82. The van der Waals surface area contributed by atoms with E-state index in [2.05, 4.69) is 4.99 Å². The number of benzene rings is 1. The molecule has 8 heteroatoms. The summed E-state index contributed by atoms with van der Waals surface area (Å²) in [6.07, 6.45) is -5.59. The third-order valence-corrected chi connectivity index (χ3v) is 2.91. The lowest BCUT2D eigenvalue weighted by Gasteiger charge is -2.21. The van der Waals surface area contributed by atoms with E-state index in [9.17, 15) is 26.7 Å². The summed E-state index contributed by atoms with van der Waals surface area (Å²) in [4.78, 5) is 14.6. The molecule has 0 aromatic heterocycles. The van der Waals surface area contributed by atoms with Crippen molar-refractivity contribution in [2.45, 2.75) is 18.5 Å². The number of carbonyl (C=O) groups excluding carboxylic acids is 1. The summed E-state index contributed by atoms with van der Waals surface area (Å²) >= 11 is 0. The van der Waals surface area contributed by atoms with Crippen LogP contribution >= 0.6 is 0 Å². The molecular weight excluding hydrogens is 295 g/mol. The van der Waals surface area contributed by atoms with E-state index < -0.39 is 30.1 Å². The molecule has 0 radical (unpaired) electrons. The molecule has 1 aromatic rings. The van der Waals surface area contributed by atoms with Crippen LogP contribution < -0.4 is 5.73 Å². The second-order valence-electron chi connectivity index (χ2n) is 4.40. The smallest absolute Gasteiger partial charge is 0.366 e. The number of amides is 1. The third-order valence-electron chi connectivity index (χ3n) is 2.91. The summed E-state index contributed by atoms with van der Waals surface area (Å²) in [6.45, 7) is 0. The summed E-state index contributed by atoms with van der Waals surface area (Å²) in [5.74, 6) is -6.21. The average Bonchev–Trinajstić information content (AvgIpc) is 2.56. The topological polar surface area (TPSA) is 55.5 Å². The third kappa shape index (κ3) is 2.79. The number of primary amides is 1. The van der Waals surface area contributed by atoms with Crippen LogP contribution in [0.5, 0.6) is 0 Å². The first-order valence-electron chi connectivity index (χ1n) is 5.75. The molecule has 0 spiro atoms. The van der Waals surface area contributed by atoms with Gasteiger partial charge in [-0.2, -0.15) is 22.0 Å². The molecular formula is C13H9F5N2O. The van der Waals surface area contributed by atoms with Gasteiger partial charge in [-0.3, -0.25) is 9.79 Å². The summed E-state index contributed by atoms with van der Waals surface area (Å²) in [5, 5.41) is 0. The van der Waals surface area contributed by atoms with E-state index in [1.807, 2.05) is 0 Å². The van der Waals surface area contributed by atoms with Crippen molar-refractivity contribution >= 4 is 23.4 Å². The molecule has 1 aromatic carbocycles. The maximum Gasteiger partial charge on any atom is 0.459 e. The maximum atomic E-state index is 13.5. The standard InChI is InChI=1S/C13H9F5N2O/c14-12(15,13(16,17)18)10-6-8(11(19)21)5-7-3-1-2-4-9(7)20-10/h1-5H,6H2,(H2,19,21). The number of nitrogens with zero attached hydrogens (tertiary/aromatic N) is 1. The first kappa shape index (κ1) is 15.1. The summed E-state index contributed by atoms with van der Waals surface area (Å²) in [6, 6.07) is 5.70. The highest BCUT2D eigenvalue weighted by atomic mass is 19.4. The highest BCUT2D eigenvalue weighted by Crippen LogP contribution is 2.40. The van der Waals surface area contributed by atoms with E-state index in [1.165, 1.54) is 30.3 Å². The van der Waals surface area contributed by atoms with E-state index in [0.29, 0.717) is 0 Å². The lowest BCUT2D eigenvalue weighted by atomic mass is 10.0. The van der Waals surface area contributed by atoms with Crippen LogP contribution in [0, 0.1) is 0 Å². The molecule has 1 aliphatic rings. The highest BCUT2D eigenvalue weighted by molar-refractivity contribution is 6.07. The van der Waals surface area contributed by atoms with Gasteiger partial charge in [0.2, 0.25) is 5.91 Å². The Morgan fingerprint density at radius 2 is 1.76 bits per heavy atom. The number of nitrogens with two attached hydrogens (primary N) is 1. The first-order valence-corrected chi connectivity index (χ1v) is 5.75. The van der Waals surface area contributed by atoms with Crippen molar-refractivity contribution < 1.29 is 26.7 Å². The average molecular weight is 304 g/mol. The van der Waals surface area contributed by atoms with Crippen LogP contribution in [0.25, 0.3) is 6.08 Å². The zero-order chi connectivity index (χ0) is 15.8. The molecule has 0 aliphatic carbocycles. The van der Waals surface area contributed by atoms with E-state index in [-0.39, 0.29) is 16.8 Å². The molecule has 0 bridgehead atoms. The van der Waals surface area contributed by atoms with Crippen LogP contribution in [-0.2, 0) is 4.79 Å². The molecule has 0 unspecified atom stereocenters. The van der Waals surface area contributed by atoms with E-state index >= 15 is 0 Å². The van der Waals surface area contributed by atoms with Gasteiger partial charge in [0.05, 0.1) is 5.69 Å². The van der Waals surface area contributed by atoms with Crippen LogP contribution in [0.3, 0.4) is 0 Å². The Bertz CT molecular complexity index is 646. The van der Waals surface area contributed by atoms with Crippen LogP contribution in [-0.4, -0.2) is 23.7 Å². The number of hydrogen-bond acceptors (Lipinski definition) is 2. The lowest BCUT2D eigenvalue weighted by molar-refractivity contribution is -0.249. The molecule has 2 N–H and O–H groups in total. The van der Waals surface area contributed by atoms with E-state index in [4.69, 9.17) is 5.73 Å². The Balaban J connectivity index is 2.62. The van der Waals surface area contributed by atoms with Crippen LogP contribution in [0.4, 0.5) is 27.6 Å². The van der Waals surface area contributed by atoms with E-state index in [0.717, 1.165) is 0 Å². The Kier molecular flexibility index (Phi) is 3.56. The molecule has 112 valence electrons. The van der Waals surface area contributed by atoms with Gasteiger partial charge < -0.3 is 5.73 Å². The molecule has 21 heavy (non-hydrogen) atoms. The van der Waals surface area contributed by atoms with Crippen molar-refractivity contribution in [1.29, 1.82) is 0 Å². The highest BCUT2D eigenvalue weighted by Gasteiger charge is 2.61. The number of halogens is 5. The molecule has 0 atom stereocenters. The SMILES string of the molecule is NC(=O)C1=Cc2ccccc2N=C(C(F)(F)C(F)(F)F)C1. The Labute approximate surface area is 116 Å². The number of aliphatic imine (C=N–C) groups is 1. The molecule has 0 saturated carbocycles. The molecule has 1 amide bonds. The normalized spacial score (nSPS) is 15.7. The Morgan fingerprint density at radius 3 is 2.33 bits per heavy atom. The maximum absolute atomic E-state index is 13.5. The van der Waals surface area contributed by atoms with Gasteiger partial charge in [-0.15, -0.1) is 0 Å². The van der Waals surface area contributed by atoms with Gasteiger partial charge in [0.1, 0.15) is 5.71 Å². The molecule has 2 rings (SSSR count). The zero-order valence-corrected chi connectivity index (χ0v) is 10.4. The van der Waals surface area contributed by atoms with Gasteiger partial charge in [-0.05, 0) is 12.1 Å². The van der Waals surface area contributed by atoms with Gasteiger partial charge in [0, 0.05) is 17.6 Å². The van der Waals surface area contributed by atoms with Crippen molar-refractivity contribution in [3.63, 3.8) is 0 Å². The summed E-state index contributed by atoms with van der Waals surface area (Å²) in [5.41, 5.74) is 3.38. The zero-order valence-electron chi connectivity index (χ0n) is 10.4. The van der Waals surface area contributed by atoms with Crippen LogP contribution in [0.15, 0.2) is 34.8 Å². The van der Waals surface area contributed by atoms with Gasteiger partial charge in [-0.25, -0.2) is 0 Å². The van der Waals surface area contributed by atoms with Crippen molar-refractivity contribution in [2.75, 3.05) is 0 Å². The van der Waals surface area contributed by atoms with Gasteiger partial charge >= 0.3 is 12.1 Å². The first-order chi connectivity index (χ1) is 9.63. The second-order valence-corrected chi connectivity index (χ2v) is 4.40. The fraction of sp³-hybridized carbons (Fsp3) is 0.231. The molecule has 1 aliphatic heterocycles. The fourth-order valence-corrected chi connectivity index (χ4v) is 1.82. The monoisotopic (exact) mass is 304 g/mol. The van der Waals surface area contributed by atoms with Gasteiger partial charge in [0.25, 0.3) is 0 Å². The molecule has 1 heterocycles. The predicted octanol–water partition coefficient (Wildman–Crippen LogP) is 3.23. The molecule has 0 fully saturated rings. The molecule has 0 saturated heterocycles. The van der Waals surface area contributed by atoms with Gasteiger partial charge in [-0.1, -0.05) is 18.2 Å². The predicted molar refractivity (Wildman–Crippen MR) is 66.3 cm³/mol. The van der Waals surface area contributed by atoms with Crippen LogP contribution in [0.1, 0.15) is 12.0 Å². The van der Waals surface area contributed by atoms with Crippen molar-refractivity contribution in [3.05, 3.63) is 35.4 Å². The number of para-hydroxylation sites is 1. The minimum atomic E-state index is -5.80. The minimum Gasteiger partial charge on any atom is -0.366 e. The minimum absolute atomic E-state index is 0.0762. The largest absolute Gasteiger partial charge is 0.459 e. The molecule has 3 nitrogen and oxygen atoms in total. The number of rotatable bonds is 2. The number of fused-ring (bicyclic) bond motifs is 1. The summed E-state index contributed by atoms with van der Waals surface area (Å²) < 4.78 is 64.4. The van der Waals surface area contributed by atoms with Gasteiger partial charge in [0.15, 0.2) is 0 Å². The number of carbonyl (C=O) groups is 1. The number of hydrogen-bond donors (Lipinski definition) is 1. The van der Waals surface area contributed by atoms with E-state index in [1.54, 1.807) is 0 Å². The lowest BCUT2D eigenvalue weighted by Crippen LogP contribution is -2.44. The Hall–Kier alpha value is -2.25. The summed E-state index contributed by atoms with van der Waals surface area (Å²) in [7, 11) is 0. The van der Waals surface area contributed by atoms with Crippen molar-refractivity contribution in [3.8, 4) is 0 Å². The second kappa shape index (κ2) is 4.94. The number of alkyl halides is 5. The quantitative estimate of drug-likeness (QED) is 0.838. The van der Waals surface area contributed by atoms with Crippen LogP contribution in [0.2, 0.25) is 0 Å². The van der Waals surface area contributed by atoms with Crippen molar-refractivity contribution in [2.24, 2.45) is 10.7 Å². The Morgan fingerprint density at radius 1 is 1.14 bits per heavy atom. The van der Waals surface area contributed by atoms with Crippen molar-refractivity contribution in [1.82, 2.24) is 0 Å².